The smallest absolute Gasteiger partial charge is 0.251 e. The molecule has 2 amide bonds. The molecule has 116 valence electrons. The van der Waals surface area contributed by atoms with Crippen LogP contribution < -0.4 is 10.6 Å². The Morgan fingerprint density at radius 3 is 2.87 bits per heavy atom. The summed E-state index contributed by atoms with van der Waals surface area (Å²) in [5, 5.41) is 13.3. The van der Waals surface area contributed by atoms with Crippen molar-refractivity contribution in [3.8, 4) is 0 Å². The first-order valence-corrected chi connectivity index (χ1v) is 7.20. The molecular formula is C17H16N4O2. The second-order valence-electron chi connectivity index (χ2n) is 5.24. The Balaban J connectivity index is 1.67. The molecule has 0 radical (unpaired) electrons. The topological polar surface area (TPSA) is 86.9 Å². The molecule has 6 heteroatoms. The fourth-order valence-corrected chi connectivity index (χ4v) is 2.33. The number of hydrogen-bond donors (Lipinski definition) is 3. The van der Waals surface area contributed by atoms with Crippen LogP contribution in [0.25, 0.3) is 10.9 Å². The molecule has 23 heavy (non-hydrogen) atoms. The van der Waals surface area contributed by atoms with E-state index in [0.717, 1.165) is 16.5 Å². The van der Waals surface area contributed by atoms with Crippen LogP contribution in [0, 0.1) is 0 Å². The summed E-state index contributed by atoms with van der Waals surface area (Å²) in [6.45, 7) is 1.84. The Labute approximate surface area is 132 Å². The molecule has 0 spiro atoms. The minimum absolute atomic E-state index is 0.125. The SMILES string of the molecule is CC(=O)Nc1cccc(CNC(=O)c2ccc3[nH]ncc3c2)c1. The van der Waals surface area contributed by atoms with E-state index in [1.165, 1.54) is 6.92 Å². The highest BCUT2D eigenvalue weighted by molar-refractivity contribution is 5.97. The molecule has 0 saturated carbocycles. The summed E-state index contributed by atoms with van der Waals surface area (Å²) in [7, 11) is 0. The lowest BCUT2D eigenvalue weighted by atomic mass is 10.1. The number of aromatic amines is 1. The fourth-order valence-electron chi connectivity index (χ4n) is 2.33. The van der Waals surface area contributed by atoms with Gasteiger partial charge in [0.1, 0.15) is 0 Å². The zero-order chi connectivity index (χ0) is 16.2. The summed E-state index contributed by atoms with van der Waals surface area (Å²) in [5.74, 6) is -0.280. The average molecular weight is 308 g/mol. The van der Waals surface area contributed by atoms with Crippen molar-refractivity contribution >= 4 is 28.4 Å². The van der Waals surface area contributed by atoms with Gasteiger partial charge in [0.25, 0.3) is 5.91 Å². The molecule has 0 bridgehead atoms. The average Bonchev–Trinajstić information content (AvgIpc) is 3.00. The van der Waals surface area contributed by atoms with Gasteiger partial charge in [-0.15, -0.1) is 0 Å². The molecule has 0 aliphatic rings. The van der Waals surface area contributed by atoms with Gasteiger partial charge in [-0.3, -0.25) is 14.7 Å². The van der Waals surface area contributed by atoms with Crippen molar-refractivity contribution in [2.45, 2.75) is 13.5 Å². The van der Waals surface area contributed by atoms with Gasteiger partial charge in [0.15, 0.2) is 0 Å². The molecular weight excluding hydrogens is 292 g/mol. The Hall–Kier alpha value is -3.15. The van der Waals surface area contributed by atoms with Gasteiger partial charge in [-0.05, 0) is 35.9 Å². The van der Waals surface area contributed by atoms with Gasteiger partial charge < -0.3 is 10.6 Å². The lowest BCUT2D eigenvalue weighted by Crippen LogP contribution is -2.22. The zero-order valence-electron chi connectivity index (χ0n) is 12.6. The summed E-state index contributed by atoms with van der Waals surface area (Å²) in [6, 6.07) is 12.7. The normalized spacial score (nSPS) is 10.5. The number of nitrogens with one attached hydrogen (secondary N) is 3. The van der Waals surface area contributed by atoms with Crippen LogP contribution in [0.5, 0.6) is 0 Å². The summed E-state index contributed by atoms with van der Waals surface area (Å²) in [6.07, 6.45) is 1.68. The number of H-pyrrole nitrogens is 1. The second kappa shape index (κ2) is 6.31. The molecule has 0 unspecified atom stereocenters. The molecule has 3 aromatic rings. The third kappa shape index (κ3) is 3.55. The third-order valence-electron chi connectivity index (χ3n) is 3.40. The van der Waals surface area contributed by atoms with Crippen LogP contribution in [0.2, 0.25) is 0 Å². The molecule has 2 aromatic carbocycles. The van der Waals surface area contributed by atoms with E-state index in [1.54, 1.807) is 24.4 Å². The molecule has 1 heterocycles. The Bertz CT molecular complexity index is 870. The van der Waals surface area contributed by atoms with E-state index in [9.17, 15) is 9.59 Å². The van der Waals surface area contributed by atoms with Gasteiger partial charge in [0, 0.05) is 30.1 Å². The highest BCUT2D eigenvalue weighted by Gasteiger charge is 2.07. The molecule has 0 aliphatic heterocycles. The second-order valence-corrected chi connectivity index (χ2v) is 5.24. The Kier molecular flexibility index (Phi) is 4.05. The maximum Gasteiger partial charge on any atom is 0.251 e. The van der Waals surface area contributed by atoms with Crippen molar-refractivity contribution in [3.63, 3.8) is 0 Å². The number of carbonyl (C=O) groups is 2. The third-order valence-corrected chi connectivity index (χ3v) is 3.40. The van der Waals surface area contributed by atoms with Crippen molar-refractivity contribution in [1.82, 2.24) is 15.5 Å². The van der Waals surface area contributed by atoms with Crippen LogP contribution in [0.4, 0.5) is 5.69 Å². The van der Waals surface area contributed by atoms with Crippen molar-refractivity contribution in [3.05, 3.63) is 59.8 Å². The molecule has 3 N–H and O–H groups in total. The Morgan fingerprint density at radius 1 is 1.17 bits per heavy atom. The number of benzene rings is 2. The van der Waals surface area contributed by atoms with Gasteiger partial charge >= 0.3 is 0 Å². The standard InChI is InChI=1S/C17H16N4O2/c1-11(22)20-15-4-2-3-12(7-15)9-18-17(23)13-5-6-16-14(8-13)10-19-21-16/h2-8,10H,9H2,1H3,(H,18,23)(H,19,21)(H,20,22). The van der Waals surface area contributed by atoms with E-state index >= 15 is 0 Å². The van der Waals surface area contributed by atoms with Crippen molar-refractivity contribution < 1.29 is 9.59 Å². The minimum atomic E-state index is -0.155. The van der Waals surface area contributed by atoms with E-state index in [4.69, 9.17) is 0 Å². The Morgan fingerprint density at radius 2 is 2.04 bits per heavy atom. The molecule has 0 saturated heterocycles. The van der Waals surface area contributed by atoms with Gasteiger partial charge in [-0.2, -0.15) is 5.10 Å². The summed E-state index contributed by atoms with van der Waals surface area (Å²) in [4.78, 5) is 23.3. The van der Waals surface area contributed by atoms with Gasteiger partial charge in [0.2, 0.25) is 5.91 Å². The minimum Gasteiger partial charge on any atom is -0.348 e. The van der Waals surface area contributed by atoms with E-state index in [1.807, 2.05) is 24.3 Å². The molecule has 6 nitrogen and oxygen atoms in total. The van der Waals surface area contributed by atoms with Crippen LogP contribution in [0.3, 0.4) is 0 Å². The predicted molar refractivity (Wildman–Crippen MR) is 88.0 cm³/mol. The number of amides is 2. The number of fused-ring (bicyclic) bond motifs is 1. The maximum absolute atomic E-state index is 12.2. The van der Waals surface area contributed by atoms with E-state index in [-0.39, 0.29) is 11.8 Å². The number of carbonyl (C=O) groups excluding carboxylic acids is 2. The van der Waals surface area contributed by atoms with Crippen molar-refractivity contribution in [2.75, 3.05) is 5.32 Å². The summed E-state index contributed by atoms with van der Waals surface area (Å²) < 4.78 is 0. The first-order valence-electron chi connectivity index (χ1n) is 7.20. The van der Waals surface area contributed by atoms with Gasteiger partial charge in [-0.25, -0.2) is 0 Å². The molecule has 1 aromatic heterocycles. The van der Waals surface area contributed by atoms with Crippen LogP contribution in [-0.4, -0.2) is 22.0 Å². The summed E-state index contributed by atoms with van der Waals surface area (Å²) in [5.41, 5.74) is 3.10. The zero-order valence-corrected chi connectivity index (χ0v) is 12.6. The van der Waals surface area contributed by atoms with E-state index < -0.39 is 0 Å². The van der Waals surface area contributed by atoms with E-state index in [0.29, 0.717) is 17.8 Å². The van der Waals surface area contributed by atoms with Crippen LogP contribution in [-0.2, 0) is 11.3 Å². The molecule has 0 atom stereocenters. The van der Waals surface area contributed by atoms with Crippen molar-refractivity contribution in [1.29, 1.82) is 0 Å². The highest BCUT2D eigenvalue weighted by Crippen LogP contribution is 2.14. The van der Waals surface area contributed by atoms with Crippen LogP contribution in [0.15, 0.2) is 48.7 Å². The van der Waals surface area contributed by atoms with Gasteiger partial charge in [0.05, 0.1) is 11.7 Å². The number of hydrogen-bond acceptors (Lipinski definition) is 3. The lowest BCUT2D eigenvalue weighted by Gasteiger charge is -2.08. The molecule has 0 fully saturated rings. The van der Waals surface area contributed by atoms with Crippen molar-refractivity contribution in [2.24, 2.45) is 0 Å². The van der Waals surface area contributed by atoms with E-state index in [2.05, 4.69) is 20.8 Å². The fraction of sp³-hybridized carbons (Fsp3) is 0.118. The first kappa shape index (κ1) is 14.8. The number of aromatic nitrogens is 2. The number of rotatable bonds is 4. The van der Waals surface area contributed by atoms with Crippen LogP contribution >= 0.6 is 0 Å². The first-order chi connectivity index (χ1) is 11.1. The number of nitrogens with zero attached hydrogens (tertiary/aromatic N) is 1. The largest absolute Gasteiger partial charge is 0.348 e. The summed E-state index contributed by atoms with van der Waals surface area (Å²) >= 11 is 0. The lowest BCUT2D eigenvalue weighted by molar-refractivity contribution is -0.114. The maximum atomic E-state index is 12.2. The highest BCUT2D eigenvalue weighted by atomic mass is 16.2. The monoisotopic (exact) mass is 308 g/mol. The predicted octanol–water partition coefficient (Wildman–Crippen LogP) is 2.45. The quantitative estimate of drug-likeness (QED) is 0.692. The number of anilines is 1. The molecule has 3 rings (SSSR count). The van der Waals surface area contributed by atoms with Crippen LogP contribution in [0.1, 0.15) is 22.8 Å². The molecule has 0 aliphatic carbocycles. The van der Waals surface area contributed by atoms with Gasteiger partial charge in [-0.1, -0.05) is 12.1 Å².